The van der Waals surface area contributed by atoms with Crippen molar-refractivity contribution < 1.29 is 13.9 Å². The molecule has 5 heteroatoms. The largest absolute Gasteiger partial charge is 0.497 e. The first-order chi connectivity index (χ1) is 10.6. The number of amides is 1. The lowest BCUT2D eigenvalue weighted by atomic mass is 10.1. The number of benzene rings is 2. The minimum absolute atomic E-state index is 0.0672. The van der Waals surface area contributed by atoms with Gasteiger partial charge in [-0.05, 0) is 48.0 Å². The summed E-state index contributed by atoms with van der Waals surface area (Å²) < 4.78 is 17.9. The van der Waals surface area contributed by atoms with Crippen molar-refractivity contribution >= 4 is 17.7 Å². The van der Waals surface area contributed by atoms with E-state index in [0.717, 1.165) is 0 Å². The molecule has 22 heavy (non-hydrogen) atoms. The molecular weight excluding hydrogens is 283 g/mol. The number of halogens is 1. The van der Waals surface area contributed by atoms with Crippen molar-refractivity contribution in [1.29, 1.82) is 5.26 Å². The highest BCUT2D eigenvalue weighted by Crippen LogP contribution is 2.16. The van der Waals surface area contributed by atoms with Crippen LogP contribution >= 0.6 is 0 Å². The van der Waals surface area contributed by atoms with Gasteiger partial charge in [-0.1, -0.05) is 12.1 Å². The normalized spacial score (nSPS) is 10.7. The van der Waals surface area contributed by atoms with Crippen LogP contribution in [0.15, 0.2) is 54.1 Å². The number of anilines is 1. The third-order valence-corrected chi connectivity index (χ3v) is 2.89. The van der Waals surface area contributed by atoms with Gasteiger partial charge in [0.25, 0.3) is 5.91 Å². The van der Waals surface area contributed by atoms with Gasteiger partial charge in [-0.2, -0.15) is 5.26 Å². The Labute approximate surface area is 127 Å². The maximum Gasteiger partial charge on any atom is 0.266 e. The first kappa shape index (κ1) is 15.3. The average molecular weight is 296 g/mol. The molecule has 0 radical (unpaired) electrons. The molecule has 0 aromatic heterocycles. The highest BCUT2D eigenvalue weighted by Gasteiger charge is 2.09. The van der Waals surface area contributed by atoms with E-state index in [1.165, 1.54) is 30.3 Å². The molecule has 0 saturated heterocycles. The van der Waals surface area contributed by atoms with E-state index < -0.39 is 5.91 Å². The Balaban J connectivity index is 2.14. The Morgan fingerprint density at radius 3 is 2.36 bits per heavy atom. The number of carbonyl (C=O) groups excluding carboxylic acids is 1. The molecule has 0 aliphatic rings. The van der Waals surface area contributed by atoms with Crippen LogP contribution in [0.1, 0.15) is 5.56 Å². The van der Waals surface area contributed by atoms with Crippen molar-refractivity contribution in [3.05, 3.63) is 65.5 Å². The molecule has 0 bridgehead atoms. The molecule has 0 atom stereocenters. The highest BCUT2D eigenvalue weighted by molar-refractivity contribution is 6.09. The van der Waals surface area contributed by atoms with Crippen molar-refractivity contribution in [2.75, 3.05) is 12.4 Å². The first-order valence-corrected chi connectivity index (χ1v) is 6.45. The molecule has 1 N–H and O–H groups in total. The molecule has 2 rings (SSSR count). The van der Waals surface area contributed by atoms with Crippen LogP contribution in [0.4, 0.5) is 10.1 Å². The van der Waals surface area contributed by atoms with E-state index in [2.05, 4.69) is 5.32 Å². The minimum atomic E-state index is -0.531. The van der Waals surface area contributed by atoms with Gasteiger partial charge in [-0.15, -0.1) is 0 Å². The molecule has 2 aromatic carbocycles. The molecule has 4 nitrogen and oxygen atoms in total. The Morgan fingerprint density at radius 1 is 1.18 bits per heavy atom. The molecule has 0 saturated carbocycles. The quantitative estimate of drug-likeness (QED) is 0.695. The van der Waals surface area contributed by atoms with E-state index in [1.807, 2.05) is 6.07 Å². The average Bonchev–Trinajstić information content (AvgIpc) is 2.55. The maximum absolute atomic E-state index is 12.8. The number of nitrogens with one attached hydrogen (secondary N) is 1. The molecule has 0 unspecified atom stereocenters. The number of hydrogen-bond donors (Lipinski definition) is 1. The summed E-state index contributed by atoms with van der Waals surface area (Å²) in [6.07, 6.45) is 1.40. The fourth-order valence-electron chi connectivity index (χ4n) is 1.75. The Morgan fingerprint density at radius 2 is 1.82 bits per heavy atom. The zero-order valence-electron chi connectivity index (χ0n) is 11.8. The van der Waals surface area contributed by atoms with Crippen molar-refractivity contribution in [1.82, 2.24) is 0 Å². The Bertz CT molecular complexity index is 729. The van der Waals surface area contributed by atoms with Crippen molar-refractivity contribution in [3.63, 3.8) is 0 Å². The second kappa shape index (κ2) is 7.04. The fourth-order valence-corrected chi connectivity index (χ4v) is 1.75. The van der Waals surface area contributed by atoms with E-state index in [1.54, 1.807) is 31.4 Å². The monoisotopic (exact) mass is 296 g/mol. The van der Waals surface area contributed by atoms with Gasteiger partial charge in [-0.3, -0.25) is 4.79 Å². The number of nitrogens with zero attached hydrogens (tertiary/aromatic N) is 1. The molecule has 0 spiro atoms. The van der Waals surface area contributed by atoms with Crippen LogP contribution in [-0.4, -0.2) is 13.0 Å². The fraction of sp³-hybridized carbons (Fsp3) is 0.0588. The molecule has 0 fully saturated rings. The van der Waals surface area contributed by atoms with E-state index in [9.17, 15) is 9.18 Å². The van der Waals surface area contributed by atoms with E-state index in [-0.39, 0.29) is 11.4 Å². The summed E-state index contributed by atoms with van der Waals surface area (Å²) in [6, 6.07) is 14.1. The number of carbonyl (C=O) groups is 1. The third kappa shape index (κ3) is 3.93. The lowest BCUT2D eigenvalue weighted by Crippen LogP contribution is -2.13. The summed E-state index contributed by atoms with van der Waals surface area (Å²) in [5, 5.41) is 11.7. The van der Waals surface area contributed by atoms with Crippen LogP contribution < -0.4 is 10.1 Å². The van der Waals surface area contributed by atoms with E-state index >= 15 is 0 Å². The zero-order chi connectivity index (χ0) is 15.9. The standard InChI is InChI=1S/C17H13FN2O2/c1-22-16-8-6-15(7-9-16)20-17(21)13(11-19)10-12-2-4-14(18)5-3-12/h2-10H,1H3,(H,20,21). The molecule has 0 aliphatic heterocycles. The summed E-state index contributed by atoms with van der Waals surface area (Å²) in [4.78, 5) is 12.1. The van der Waals surface area contributed by atoms with Gasteiger partial charge in [-0.25, -0.2) is 4.39 Å². The van der Waals surface area contributed by atoms with E-state index in [4.69, 9.17) is 10.00 Å². The maximum atomic E-state index is 12.8. The molecule has 0 aliphatic carbocycles. The van der Waals surface area contributed by atoms with Gasteiger partial charge in [0.15, 0.2) is 0 Å². The van der Waals surface area contributed by atoms with Gasteiger partial charge < -0.3 is 10.1 Å². The highest BCUT2D eigenvalue weighted by atomic mass is 19.1. The number of methoxy groups -OCH3 is 1. The molecule has 110 valence electrons. The van der Waals surface area contributed by atoms with Crippen molar-refractivity contribution in [3.8, 4) is 11.8 Å². The van der Waals surface area contributed by atoms with Crippen LogP contribution in [-0.2, 0) is 4.79 Å². The van der Waals surface area contributed by atoms with Crippen LogP contribution in [0.3, 0.4) is 0 Å². The molecule has 2 aromatic rings. The summed E-state index contributed by atoms with van der Waals surface area (Å²) in [7, 11) is 1.55. The lowest BCUT2D eigenvalue weighted by molar-refractivity contribution is -0.112. The van der Waals surface area contributed by atoms with Crippen molar-refractivity contribution in [2.45, 2.75) is 0 Å². The topological polar surface area (TPSA) is 62.1 Å². The third-order valence-electron chi connectivity index (χ3n) is 2.89. The smallest absolute Gasteiger partial charge is 0.266 e. The molecule has 0 heterocycles. The van der Waals surface area contributed by atoms with Gasteiger partial charge in [0.2, 0.25) is 0 Å². The second-order valence-corrected chi connectivity index (χ2v) is 4.40. The van der Waals surface area contributed by atoms with Crippen LogP contribution in [0, 0.1) is 17.1 Å². The van der Waals surface area contributed by atoms with Crippen LogP contribution in [0.25, 0.3) is 6.08 Å². The second-order valence-electron chi connectivity index (χ2n) is 4.40. The number of rotatable bonds is 4. The SMILES string of the molecule is COc1ccc(NC(=O)C(C#N)=Cc2ccc(F)cc2)cc1. The van der Waals surface area contributed by atoms with Crippen LogP contribution in [0.2, 0.25) is 0 Å². The minimum Gasteiger partial charge on any atom is -0.497 e. The summed E-state index contributed by atoms with van der Waals surface area (Å²) in [5.41, 5.74) is 1.05. The Kier molecular flexibility index (Phi) is 4.89. The van der Waals surface area contributed by atoms with Gasteiger partial charge in [0.1, 0.15) is 23.2 Å². The molecular formula is C17H13FN2O2. The van der Waals surface area contributed by atoms with E-state index in [0.29, 0.717) is 17.0 Å². The molecule has 1 amide bonds. The summed E-state index contributed by atoms with van der Waals surface area (Å²) >= 11 is 0. The van der Waals surface area contributed by atoms with Gasteiger partial charge >= 0.3 is 0 Å². The van der Waals surface area contributed by atoms with Gasteiger partial charge in [0, 0.05) is 5.69 Å². The Hall–Kier alpha value is -3.13. The summed E-state index contributed by atoms with van der Waals surface area (Å²) in [6.45, 7) is 0. The first-order valence-electron chi connectivity index (χ1n) is 6.45. The number of nitriles is 1. The van der Waals surface area contributed by atoms with Crippen molar-refractivity contribution in [2.24, 2.45) is 0 Å². The van der Waals surface area contributed by atoms with Crippen LogP contribution in [0.5, 0.6) is 5.75 Å². The lowest BCUT2D eigenvalue weighted by Gasteiger charge is -2.05. The predicted molar refractivity (Wildman–Crippen MR) is 81.6 cm³/mol. The van der Waals surface area contributed by atoms with Gasteiger partial charge in [0.05, 0.1) is 7.11 Å². The predicted octanol–water partition coefficient (Wildman–Crippen LogP) is 3.38. The number of ether oxygens (including phenoxy) is 1. The summed E-state index contributed by atoms with van der Waals surface area (Å²) in [5.74, 6) is -0.240. The number of hydrogen-bond acceptors (Lipinski definition) is 3. The zero-order valence-corrected chi connectivity index (χ0v) is 11.8.